The highest BCUT2D eigenvalue weighted by Crippen LogP contribution is 2.39. The third-order valence-corrected chi connectivity index (χ3v) is 7.02. The molecule has 2 fully saturated rings. The van der Waals surface area contributed by atoms with Gasteiger partial charge in [0.15, 0.2) is 0 Å². The maximum Gasteiger partial charge on any atom is 0.239 e. The Hall–Kier alpha value is -1.02. The first-order chi connectivity index (χ1) is 13.5. The molecule has 7 heteroatoms. The number of carbonyl (C=O) groups is 1. The predicted octanol–water partition coefficient (Wildman–Crippen LogP) is 2.62. The first kappa shape index (κ1) is 21.7. The molecule has 1 amide bonds. The molecule has 7 nitrogen and oxygen atoms in total. The van der Waals surface area contributed by atoms with Crippen molar-refractivity contribution in [3.8, 4) is 0 Å². The molecule has 2 aliphatic carbocycles. The second kappa shape index (κ2) is 9.65. The Morgan fingerprint density at radius 3 is 2.00 bits per heavy atom. The number of hydrogen-bond acceptors (Lipinski definition) is 6. The van der Waals surface area contributed by atoms with Crippen molar-refractivity contribution < 1.29 is 23.7 Å². The summed E-state index contributed by atoms with van der Waals surface area (Å²) < 4.78 is 22.5. The summed E-state index contributed by atoms with van der Waals surface area (Å²) in [6, 6.07) is 0.129. The molecule has 3 aliphatic rings. The average Bonchev–Trinajstić information content (AvgIpc) is 3.18. The van der Waals surface area contributed by atoms with Crippen molar-refractivity contribution in [2.24, 2.45) is 16.9 Å². The van der Waals surface area contributed by atoms with E-state index >= 15 is 0 Å². The summed E-state index contributed by atoms with van der Waals surface area (Å²) >= 11 is 0. The van der Waals surface area contributed by atoms with E-state index in [9.17, 15) is 4.79 Å². The standard InChI is InChI=1S/C21H36N2O5/c1-13(24)23-17(15-7-9-19(26-3)21(11-15)28-5)12-16(22-23)14-6-8-18(25-2)20(10-14)27-4/h14-15,17-21H,6-12H2,1-5H3. The lowest BCUT2D eigenvalue weighted by molar-refractivity contribution is -0.133. The van der Waals surface area contributed by atoms with Gasteiger partial charge in [-0.2, -0.15) is 5.10 Å². The van der Waals surface area contributed by atoms with E-state index in [1.807, 2.05) is 0 Å². The minimum atomic E-state index is 0.0247. The third-order valence-electron chi connectivity index (χ3n) is 7.02. The van der Waals surface area contributed by atoms with E-state index in [0.717, 1.165) is 50.7 Å². The number of ether oxygens (including phenoxy) is 4. The van der Waals surface area contributed by atoms with Crippen LogP contribution in [0.2, 0.25) is 0 Å². The van der Waals surface area contributed by atoms with Gasteiger partial charge in [0.2, 0.25) is 5.91 Å². The van der Waals surface area contributed by atoms with Crippen LogP contribution >= 0.6 is 0 Å². The molecule has 0 saturated heterocycles. The van der Waals surface area contributed by atoms with E-state index in [1.165, 1.54) is 0 Å². The summed E-state index contributed by atoms with van der Waals surface area (Å²) in [5.74, 6) is 0.767. The Balaban J connectivity index is 1.70. The Labute approximate surface area is 168 Å². The molecule has 0 aromatic heterocycles. The Bertz CT molecular complexity index is 569. The van der Waals surface area contributed by atoms with Crippen molar-refractivity contribution in [2.75, 3.05) is 28.4 Å². The zero-order valence-corrected chi connectivity index (χ0v) is 17.9. The largest absolute Gasteiger partial charge is 0.379 e. The van der Waals surface area contributed by atoms with Gasteiger partial charge in [-0.25, -0.2) is 5.01 Å². The van der Waals surface area contributed by atoms with Crippen molar-refractivity contribution >= 4 is 11.6 Å². The summed E-state index contributed by atoms with van der Waals surface area (Å²) in [6.07, 6.45) is 7.12. The summed E-state index contributed by atoms with van der Waals surface area (Å²) in [5, 5.41) is 6.55. The van der Waals surface area contributed by atoms with Crippen LogP contribution in [0.4, 0.5) is 0 Å². The molecule has 1 heterocycles. The second-order valence-corrected chi connectivity index (χ2v) is 8.41. The average molecular weight is 397 g/mol. The van der Waals surface area contributed by atoms with Crippen LogP contribution in [0.3, 0.4) is 0 Å². The molecule has 160 valence electrons. The summed E-state index contributed by atoms with van der Waals surface area (Å²) in [6.45, 7) is 1.62. The smallest absolute Gasteiger partial charge is 0.239 e. The zero-order chi connectivity index (χ0) is 20.3. The van der Waals surface area contributed by atoms with Gasteiger partial charge in [-0.1, -0.05) is 0 Å². The molecule has 0 bridgehead atoms. The van der Waals surface area contributed by atoms with Crippen molar-refractivity contribution in [3.05, 3.63) is 0 Å². The number of nitrogens with zero attached hydrogens (tertiary/aromatic N) is 2. The quantitative estimate of drug-likeness (QED) is 0.690. The molecule has 7 atom stereocenters. The van der Waals surface area contributed by atoms with E-state index in [-0.39, 0.29) is 36.4 Å². The van der Waals surface area contributed by atoms with Crippen LogP contribution in [-0.4, -0.2) is 75.5 Å². The minimum Gasteiger partial charge on any atom is -0.379 e. The van der Waals surface area contributed by atoms with E-state index < -0.39 is 0 Å². The normalized spacial score (nSPS) is 39.1. The highest BCUT2D eigenvalue weighted by Gasteiger charge is 2.43. The maximum atomic E-state index is 12.3. The van der Waals surface area contributed by atoms with Gasteiger partial charge in [-0.05, 0) is 44.4 Å². The lowest BCUT2D eigenvalue weighted by Crippen LogP contribution is -2.45. The number of rotatable bonds is 6. The summed E-state index contributed by atoms with van der Waals surface area (Å²) in [7, 11) is 7.00. The van der Waals surface area contributed by atoms with Crippen LogP contribution < -0.4 is 0 Å². The summed E-state index contributed by atoms with van der Waals surface area (Å²) in [4.78, 5) is 12.3. The number of carbonyl (C=O) groups excluding carboxylic acids is 1. The molecular weight excluding hydrogens is 360 g/mol. The molecule has 0 aromatic carbocycles. The van der Waals surface area contributed by atoms with Crippen molar-refractivity contribution in [3.63, 3.8) is 0 Å². The van der Waals surface area contributed by atoms with Gasteiger partial charge < -0.3 is 18.9 Å². The van der Waals surface area contributed by atoms with Gasteiger partial charge in [-0.3, -0.25) is 4.79 Å². The molecule has 0 radical (unpaired) electrons. The van der Waals surface area contributed by atoms with E-state index in [1.54, 1.807) is 40.4 Å². The molecule has 2 saturated carbocycles. The topological polar surface area (TPSA) is 69.6 Å². The van der Waals surface area contributed by atoms with Crippen LogP contribution in [0.25, 0.3) is 0 Å². The van der Waals surface area contributed by atoms with Crippen LogP contribution in [0.5, 0.6) is 0 Å². The maximum absolute atomic E-state index is 12.3. The van der Waals surface area contributed by atoms with Gasteiger partial charge >= 0.3 is 0 Å². The number of hydrazone groups is 1. The molecular formula is C21H36N2O5. The van der Waals surface area contributed by atoms with Gasteiger partial charge in [0, 0.05) is 53.4 Å². The lowest BCUT2D eigenvalue weighted by atomic mass is 9.76. The van der Waals surface area contributed by atoms with Gasteiger partial charge in [-0.15, -0.1) is 0 Å². The molecule has 1 aliphatic heterocycles. The van der Waals surface area contributed by atoms with Gasteiger partial charge in [0.25, 0.3) is 0 Å². The fourth-order valence-corrected chi connectivity index (χ4v) is 5.39. The van der Waals surface area contributed by atoms with Crippen LogP contribution in [0.15, 0.2) is 5.10 Å². The van der Waals surface area contributed by atoms with Crippen LogP contribution in [0.1, 0.15) is 51.9 Å². The predicted molar refractivity (Wildman–Crippen MR) is 106 cm³/mol. The molecule has 0 N–H and O–H groups in total. The van der Waals surface area contributed by atoms with Crippen molar-refractivity contribution in [1.82, 2.24) is 5.01 Å². The Kier molecular flexibility index (Phi) is 7.48. The highest BCUT2D eigenvalue weighted by atomic mass is 16.5. The molecule has 0 aromatic rings. The lowest BCUT2D eigenvalue weighted by Gasteiger charge is -2.38. The summed E-state index contributed by atoms with van der Waals surface area (Å²) in [5.41, 5.74) is 1.15. The first-order valence-electron chi connectivity index (χ1n) is 10.5. The first-order valence-corrected chi connectivity index (χ1v) is 10.5. The minimum absolute atomic E-state index is 0.0247. The molecule has 0 spiro atoms. The second-order valence-electron chi connectivity index (χ2n) is 8.41. The van der Waals surface area contributed by atoms with E-state index in [0.29, 0.717) is 11.8 Å². The monoisotopic (exact) mass is 396 g/mol. The van der Waals surface area contributed by atoms with Gasteiger partial charge in [0.05, 0.1) is 30.5 Å². The van der Waals surface area contributed by atoms with E-state index in [4.69, 9.17) is 24.0 Å². The number of methoxy groups -OCH3 is 4. The number of hydrogen-bond donors (Lipinski definition) is 0. The fourth-order valence-electron chi connectivity index (χ4n) is 5.39. The Morgan fingerprint density at radius 2 is 1.43 bits per heavy atom. The zero-order valence-electron chi connectivity index (χ0n) is 17.9. The Morgan fingerprint density at radius 1 is 0.857 bits per heavy atom. The molecule has 3 rings (SSSR count). The number of amides is 1. The highest BCUT2D eigenvalue weighted by molar-refractivity contribution is 5.91. The van der Waals surface area contributed by atoms with E-state index in [2.05, 4.69) is 0 Å². The van der Waals surface area contributed by atoms with Gasteiger partial charge in [0.1, 0.15) is 0 Å². The fraction of sp³-hybridized carbons (Fsp3) is 0.905. The molecule has 28 heavy (non-hydrogen) atoms. The van der Waals surface area contributed by atoms with Crippen molar-refractivity contribution in [2.45, 2.75) is 82.3 Å². The molecule has 7 unspecified atom stereocenters. The van der Waals surface area contributed by atoms with Crippen LogP contribution in [0, 0.1) is 11.8 Å². The SMILES string of the molecule is COC1CCC(C2=NN(C(C)=O)C(C3CCC(OC)C(OC)C3)C2)CC1OC. The van der Waals surface area contributed by atoms with Crippen LogP contribution in [-0.2, 0) is 23.7 Å². The third kappa shape index (κ3) is 4.42. The van der Waals surface area contributed by atoms with Crippen molar-refractivity contribution in [1.29, 1.82) is 0 Å².